The molecule has 0 fully saturated rings. The third-order valence-electron chi connectivity index (χ3n) is 3.19. The van der Waals surface area contributed by atoms with Crippen LogP contribution in [-0.2, 0) is 12.4 Å². The molecule has 0 unspecified atom stereocenters. The highest BCUT2D eigenvalue weighted by Crippen LogP contribution is 2.37. The highest BCUT2D eigenvalue weighted by molar-refractivity contribution is 6.11. The summed E-state index contributed by atoms with van der Waals surface area (Å²) in [5.74, 6) is -1.42. The maximum atomic E-state index is 13.1. The van der Waals surface area contributed by atoms with Gasteiger partial charge in [0.05, 0.1) is 11.1 Å². The second-order valence-electron chi connectivity index (χ2n) is 4.93. The molecular weight excluding hydrogens is 338 g/mol. The lowest BCUT2D eigenvalue weighted by molar-refractivity contribution is -0.138. The summed E-state index contributed by atoms with van der Waals surface area (Å²) in [4.78, 5) is 12.3. The maximum Gasteiger partial charge on any atom is 0.417 e. The molecule has 0 atom stereocenters. The molecule has 3 nitrogen and oxygen atoms in total. The topological polar surface area (TPSA) is 69.1 Å². The van der Waals surface area contributed by atoms with Crippen molar-refractivity contribution in [2.75, 3.05) is 11.5 Å². The van der Waals surface area contributed by atoms with Crippen molar-refractivity contribution < 1.29 is 31.1 Å². The minimum absolute atomic E-state index is 0.271. The van der Waals surface area contributed by atoms with Gasteiger partial charge in [-0.15, -0.1) is 0 Å². The molecular formula is C15H10F6N2O. The van der Waals surface area contributed by atoms with Crippen molar-refractivity contribution in [2.45, 2.75) is 12.4 Å². The number of carbonyl (C=O) groups excluding carboxylic acids is 1. The largest absolute Gasteiger partial charge is 0.417 e. The van der Waals surface area contributed by atoms with Gasteiger partial charge in [-0.1, -0.05) is 0 Å². The van der Waals surface area contributed by atoms with Gasteiger partial charge in [-0.25, -0.2) is 0 Å². The molecule has 0 saturated heterocycles. The predicted molar refractivity (Wildman–Crippen MR) is 75.1 cm³/mol. The van der Waals surface area contributed by atoms with Crippen molar-refractivity contribution in [2.24, 2.45) is 0 Å². The van der Waals surface area contributed by atoms with E-state index in [4.69, 9.17) is 11.5 Å². The monoisotopic (exact) mass is 348 g/mol. The number of hydrogen-bond donors (Lipinski definition) is 2. The first-order chi connectivity index (χ1) is 10.9. The second kappa shape index (κ2) is 5.73. The highest BCUT2D eigenvalue weighted by atomic mass is 19.4. The Balaban J connectivity index is 2.68. The van der Waals surface area contributed by atoms with Crippen molar-refractivity contribution in [3.63, 3.8) is 0 Å². The van der Waals surface area contributed by atoms with Gasteiger partial charge in [0.2, 0.25) is 0 Å². The Hall–Kier alpha value is -2.71. The summed E-state index contributed by atoms with van der Waals surface area (Å²) in [6.45, 7) is 0. The fourth-order valence-electron chi connectivity index (χ4n) is 2.13. The number of alkyl halides is 6. The van der Waals surface area contributed by atoms with Gasteiger partial charge < -0.3 is 11.5 Å². The summed E-state index contributed by atoms with van der Waals surface area (Å²) < 4.78 is 78.3. The van der Waals surface area contributed by atoms with Crippen LogP contribution in [-0.4, -0.2) is 5.78 Å². The Labute approximate surface area is 131 Å². The maximum absolute atomic E-state index is 13.1. The average Bonchev–Trinajstić information content (AvgIpc) is 2.44. The van der Waals surface area contributed by atoms with E-state index >= 15 is 0 Å². The zero-order valence-electron chi connectivity index (χ0n) is 11.8. The molecule has 0 heterocycles. The van der Waals surface area contributed by atoms with Crippen LogP contribution in [0.2, 0.25) is 0 Å². The summed E-state index contributed by atoms with van der Waals surface area (Å²) in [5, 5.41) is 0. The molecule has 2 aromatic rings. The van der Waals surface area contributed by atoms with E-state index < -0.39 is 40.4 Å². The lowest BCUT2D eigenvalue weighted by Gasteiger charge is -2.16. The fraction of sp³-hybridized carbons (Fsp3) is 0.133. The number of benzene rings is 2. The number of carbonyl (C=O) groups is 1. The molecule has 0 saturated carbocycles. The average molecular weight is 348 g/mol. The van der Waals surface area contributed by atoms with Gasteiger partial charge in [-0.2, -0.15) is 26.3 Å². The molecule has 0 amide bonds. The molecule has 0 aromatic heterocycles. The number of ketones is 1. The fourth-order valence-corrected chi connectivity index (χ4v) is 2.13. The van der Waals surface area contributed by atoms with Crippen LogP contribution in [0.3, 0.4) is 0 Å². The third-order valence-corrected chi connectivity index (χ3v) is 3.19. The van der Waals surface area contributed by atoms with Crippen molar-refractivity contribution in [3.05, 3.63) is 58.7 Å². The van der Waals surface area contributed by atoms with Gasteiger partial charge >= 0.3 is 12.4 Å². The molecule has 0 aliphatic rings. The lowest BCUT2D eigenvalue weighted by Crippen LogP contribution is -2.18. The highest BCUT2D eigenvalue weighted by Gasteiger charge is 2.39. The van der Waals surface area contributed by atoms with E-state index in [2.05, 4.69) is 0 Å². The van der Waals surface area contributed by atoms with E-state index in [0.717, 1.165) is 24.3 Å². The van der Waals surface area contributed by atoms with E-state index in [0.29, 0.717) is 12.1 Å². The molecule has 9 heteroatoms. The van der Waals surface area contributed by atoms with Crippen LogP contribution in [0, 0.1) is 0 Å². The molecule has 0 radical (unpaired) electrons. The van der Waals surface area contributed by atoms with Gasteiger partial charge in [0.1, 0.15) is 0 Å². The number of halogens is 6. The van der Waals surface area contributed by atoms with Gasteiger partial charge in [0.15, 0.2) is 5.78 Å². The first kappa shape index (κ1) is 17.6. The van der Waals surface area contributed by atoms with Crippen molar-refractivity contribution in [1.29, 1.82) is 0 Å². The van der Waals surface area contributed by atoms with Crippen molar-refractivity contribution in [1.82, 2.24) is 0 Å². The van der Waals surface area contributed by atoms with Crippen LogP contribution in [0.4, 0.5) is 37.7 Å². The van der Waals surface area contributed by atoms with Crippen LogP contribution < -0.4 is 11.5 Å². The molecule has 0 spiro atoms. The van der Waals surface area contributed by atoms with E-state index in [-0.39, 0.29) is 11.4 Å². The Morgan fingerprint density at radius 2 is 1.04 bits per heavy atom. The van der Waals surface area contributed by atoms with Crippen LogP contribution >= 0.6 is 0 Å². The standard InChI is InChI=1S/C15H10F6N2O/c16-14(17,18)11-5-7(22)1-3-9(11)13(24)10-4-2-8(23)6-12(10)15(19,20)21/h1-6H,22-23H2. The Kier molecular flexibility index (Phi) is 4.21. The summed E-state index contributed by atoms with van der Waals surface area (Å²) in [6.07, 6.45) is -9.90. The zero-order chi connectivity index (χ0) is 18.3. The van der Waals surface area contributed by atoms with Crippen molar-refractivity contribution >= 4 is 17.2 Å². The zero-order valence-corrected chi connectivity index (χ0v) is 11.8. The summed E-state index contributed by atoms with van der Waals surface area (Å²) in [6, 6.07) is 4.50. The van der Waals surface area contributed by atoms with E-state index in [1.807, 2.05) is 0 Å². The van der Waals surface area contributed by atoms with Crippen LogP contribution in [0.15, 0.2) is 36.4 Å². The molecule has 0 aliphatic heterocycles. The molecule has 2 rings (SSSR count). The Morgan fingerprint density at radius 1 is 0.708 bits per heavy atom. The number of anilines is 2. The number of hydrogen-bond acceptors (Lipinski definition) is 3. The van der Waals surface area contributed by atoms with Gasteiger partial charge in [-0.05, 0) is 36.4 Å². The molecule has 4 N–H and O–H groups in total. The number of nitrogen functional groups attached to an aromatic ring is 2. The molecule has 0 bridgehead atoms. The van der Waals surface area contributed by atoms with Crippen LogP contribution in [0.1, 0.15) is 27.0 Å². The minimum atomic E-state index is -4.95. The molecule has 128 valence electrons. The van der Waals surface area contributed by atoms with E-state index in [1.54, 1.807) is 0 Å². The van der Waals surface area contributed by atoms with Crippen molar-refractivity contribution in [3.8, 4) is 0 Å². The van der Waals surface area contributed by atoms with Crippen LogP contribution in [0.25, 0.3) is 0 Å². The summed E-state index contributed by atoms with van der Waals surface area (Å²) in [5.41, 5.74) is 5.35. The lowest BCUT2D eigenvalue weighted by atomic mass is 9.94. The van der Waals surface area contributed by atoms with E-state index in [1.165, 1.54) is 0 Å². The third kappa shape index (κ3) is 3.44. The summed E-state index contributed by atoms with van der Waals surface area (Å²) >= 11 is 0. The summed E-state index contributed by atoms with van der Waals surface area (Å²) in [7, 11) is 0. The minimum Gasteiger partial charge on any atom is -0.399 e. The molecule has 2 aromatic carbocycles. The van der Waals surface area contributed by atoms with Gasteiger partial charge in [-0.3, -0.25) is 4.79 Å². The molecule has 0 aliphatic carbocycles. The molecule has 24 heavy (non-hydrogen) atoms. The van der Waals surface area contributed by atoms with E-state index in [9.17, 15) is 31.1 Å². The predicted octanol–water partition coefficient (Wildman–Crippen LogP) is 4.12. The Morgan fingerprint density at radius 3 is 1.33 bits per heavy atom. The number of rotatable bonds is 2. The Bertz CT molecular complexity index is 730. The first-order valence-corrected chi connectivity index (χ1v) is 6.39. The van der Waals surface area contributed by atoms with Gasteiger partial charge in [0, 0.05) is 22.5 Å². The number of nitrogens with two attached hydrogens (primary N) is 2. The first-order valence-electron chi connectivity index (χ1n) is 6.39. The SMILES string of the molecule is Nc1ccc(C(=O)c2ccc(N)cc2C(F)(F)F)c(C(F)(F)F)c1. The van der Waals surface area contributed by atoms with Crippen LogP contribution in [0.5, 0.6) is 0 Å². The smallest absolute Gasteiger partial charge is 0.399 e. The normalized spacial score (nSPS) is 12.2. The quantitative estimate of drug-likeness (QED) is 0.487. The second-order valence-corrected chi connectivity index (χ2v) is 4.93. The van der Waals surface area contributed by atoms with Gasteiger partial charge in [0.25, 0.3) is 0 Å².